The molecule has 0 aliphatic heterocycles. The van der Waals surface area contributed by atoms with Crippen LogP contribution in [0.15, 0.2) is 41.0 Å². The molecule has 0 aliphatic carbocycles. The van der Waals surface area contributed by atoms with E-state index in [2.05, 4.69) is 20.9 Å². The number of methoxy groups -OCH3 is 1. The Labute approximate surface area is 126 Å². The van der Waals surface area contributed by atoms with Gasteiger partial charge < -0.3 is 14.6 Å². The minimum absolute atomic E-state index is 0.333. The maximum absolute atomic E-state index is 9.76. The molecule has 1 atom stereocenters. The highest BCUT2D eigenvalue weighted by Gasteiger charge is 2.11. The van der Waals surface area contributed by atoms with E-state index in [4.69, 9.17) is 9.47 Å². The average Bonchev–Trinajstić information content (AvgIpc) is 2.46. The minimum Gasteiger partial charge on any atom is -0.497 e. The maximum atomic E-state index is 9.76. The van der Waals surface area contributed by atoms with E-state index in [9.17, 15) is 5.11 Å². The third-order valence-electron chi connectivity index (χ3n) is 2.84. The SMILES string of the molecule is COc1ccc([C@H](C)O)c(OCc2ccc(Br)cn2)c1. The topological polar surface area (TPSA) is 51.6 Å². The molecule has 1 aromatic heterocycles. The van der Waals surface area contributed by atoms with Crippen LogP contribution in [-0.2, 0) is 6.61 Å². The quantitative estimate of drug-likeness (QED) is 0.907. The van der Waals surface area contributed by atoms with Crippen LogP contribution in [0.3, 0.4) is 0 Å². The van der Waals surface area contributed by atoms with Crippen LogP contribution in [0.2, 0.25) is 0 Å². The molecular weight excluding hydrogens is 322 g/mol. The Morgan fingerprint density at radius 2 is 2.10 bits per heavy atom. The van der Waals surface area contributed by atoms with Crippen LogP contribution in [-0.4, -0.2) is 17.2 Å². The van der Waals surface area contributed by atoms with E-state index in [-0.39, 0.29) is 0 Å². The molecule has 2 aromatic rings. The van der Waals surface area contributed by atoms with E-state index in [1.165, 1.54) is 0 Å². The zero-order chi connectivity index (χ0) is 14.5. The number of hydrogen-bond donors (Lipinski definition) is 1. The lowest BCUT2D eigenvalue weighted by Crippen LogP contribution is -2.02. The molecule has 1 aromatic carbocycles. The van der Waals surface area contributed by atoms with Gasteiger partial charge in [-0.2, -0.15) is 0 Å². The molecule has 0 aliphatic rings. The highest BCUT2D eigenvalue weighted by Crippen LogP contribution is 2.30. The van der Waals surface area contributed by atoms with Gasteiger partial charge in [0.25, 0.3) is 0 Å². The monoisotopic (exact) mass is 337 g/mol. The van der Waals surface area contributed by atoms with Crippen molar-refractivity contribution in [2.24, 2.45) is 0 Å². The van der Waals surface area contributed by atoms with E-state index in [0.717, 1.165) is 15.7 Å². The number of pyridine rings is 1. The lowest BCUT2D eigenvalue weighted by molar-refractivity contribution is 0.189. The van der Waals surface area contributed by atoms with Gasteiger partial charge in [-0.3, -0.25) is 4.98 Å². The summed E-state index contributed by atoms with van der Waals surface area (Å²) in [5, 5.41) is 9.76. The summed E-state index contributed by atoms with van der Waals surface area (Å²) in [6.45, 7) is 2.03. The lowest BCUT2D eigenvalue weighted by atomic mass is 10.1. The molecule has 1 N–H and O–H groups in total. The van der Waals surface area contributed by atoms with Crippen LogP contribution in [0.1, 0.15) is 24.3 Å². The van der Waals surface area contributed by atoms with Crippen molar-refractivity contribution in [2.75, 3.05) is 7.11 Å². The third-order valence-corrected chi connectivity index (χ3v) is 3.30. The zero-order valence-electron chi connectivity index (χ0n) is 11.3. The average molecular weight is 338 g/mol. The number of aliphatic hydroxyl groups excluding tert-OH is 1. The normalized spacial score (nSPS) is 12.0. The van der Waals surface area contributed by atoms with Crippen molar-refractivity contribution in [1.82, 2.24) is 4.98 Å². The summed E-state index contributed by atoms with van der Waals surface area (Å²) >= 11 is 3.34. The fourth-order valence-electron chi connectivity index (χ4n) is 1.76. The molecule has 5 heteroatoms. The summed E-state index contributed by atoms with van der Waals surface area (Å²) in [6, 6.07) is 9.15. The maximum Gasteiger partial charge on any atom is 0.130 e. The van der Waals surface area contributed by atoms with Gasteiger partial charge in [-0.25, -0.2) is 0 Å². The summed E-state index contributed by atoms with van der Waals surface area (Å²) in [5.74, 6) is 1.29. The molecule has 20 heavy (non-hydrogen) atoms. The second-order valence-corrected chi connectivity index (χ2v) is 5.25. The Balaban J connectivity index is 2.16. The van der Waals surface area contributed by atoms with E-state index in [0.29, 0.717) is 18.1 Å². The van der Waals surface area contributed by atoms with Crippen molar-refractivity contribution in [3.63, 3.8) is 0 Å². The first-order valence-corrected chi connectivity index (χ1v) is 6.98. The second kappa shape index (κ2) is 6.72. The Morgan fingerprint density at radius 3 is 2.70 bits per heavy atom. The number of benzene rings is 1. The third kappa shape index (κ3) is 3.71. The molecule has 0 fully saturated rings. The first-order valence-electron chi connectivity index (χ1n) is 6.19. The lowest BCUT2D eigenvalue weighted by Gasteiger charge is -2.14. The molecule has 106 valence electrons. The molecule has 4 nitrogen and oxygen atoms in total. The van der Waals surface area contributed by atoms with E-state index in [1.54, 1.807) is 38.4 Å². The standard InChI is InChI=1S/C15H16BrNO3/c1-10(18)14-6-5-13(19-2)7-15(14)20-9-12-4-3-11(16)8-17-12/h3-8,10,18H,9H2,1-2H3/t10-/m0/s1. The van der Waals surface area contributed by atoms with Crippen molar-refractivity contribution in [1.29, 1.82) is 0 Å². The van der Waals surface area contributed by atoms with Gasteiger partial charge in [-0.1, -0.05) is 0 Å². The highest BCUT2D eigenvalue weighted by atomic mass is 79.9. The number of hydrogen-bond acceptors (Lipinski definition) is 4. The summed E-state index contributed by atoms with van der Waals surface area (Å²) in [7, 11) is 1.59. The fourth-order valence-corrected chi connectivity index (χ4v) is 1.99. The van der Waals surface area contributed by atoms with Crippen molar-refractivity contribution in [3.05, 3.63) is 52.3 Å². The molecule has 0 saturated carbocycles. The van der Waals surface area contributed by atoms with Gasteiger partial charge in [-0.05, 0) is 47.1 Å². The predicted octanol–water partition coefficient (Wildman–Crippen LogP) is 3.49. The largest absolute Gasteiger partial charge is 0.497 e. The van der Waals surface area contributed by atoms with Crippen LogP contribution in [0.5, 0.6) is 11.5 Å². The molecule has 0 unspecified atom stereocenters. The van der Waals surface area contributed by atoms with Gasteiger partial charge >= 0.3 is 0 Å². The van der Waals surface area contributed by atoms with E-state index in [1.807, 2.05) is 12.1 Å². The first kappa shape index (κ1) is 14.8. The molecule has 0 saturated heterocycles. The van der Waals surface area contributed by atoms with Gasteiger partial charge in [0, 0.05) is 22.3 Å². The van der Waals surface area contributed by atoms with Gasteiger partial charge in [0.05, 0.1) is 18.9 Å². The number of ether oxygens (including phenoxy) is 2. The minimum atomic E-state index is -0.603. The van der Waals surface area contributed by atoms with Crippen molar-refractivity contribution >= 4 is 15.9 Å². The Kier molecular flexibility index (Phi) is 4.98. The van der Waals surface area contributed by atoms with Gasteiger partial charge in [-0.15, -0.1) is 0 Å². The van der Waals surface area contributed by atoms with Crippen LogP contribution in [0.4, 0.5) is 0 Å². The Hall–Kier alpha value is -1.59. The van der Waals surface area contributed by atoms with Crippen molar-refractivity contribution in [2.45, 2.75) is 19.6 Å². The smallest absolute Gasteiger partial charge is 0.130 e. The second-order valence-electron chi connectivity index (χ2n) is 4.34. The molecule has 0 amide bonds. The number of halogens is 1. The summed E-state index contributed by atoms with van der Waals surface area (Å²) in [5.41, 5.74) is 1.54. The Morgan fingerprint density at radius 1 is 1.30 bits per heavy atom. The first-order chi connectivity index (χ1) is 9.60. The molecule has 1 heterocycles. The van der Waals surface area contributed by atoms with Gasteiger partial charge in [0.1, 0.15) is 18.1 Å². The molecule has 2 rings (SSSR count). The van der Waals surface area contributed by atoms with Crippen LogP contribution in [0, 0.1) is 0 Å². The molecular formula is C15H16BrNO3. The van der Waals surface area contributed by atoms with Crippen LogP contribution >= 0.6 is 15.9 Å². The van der Waals surface area contributed by atoms with Crippen molar-refractivity contribution < 1.29 is 14.6 Å². The molecule has 0 spiro atoms. The summed E-state index contributed by atoms with van der Waals surface area (Å²) in [6.07, 6.45) is 1.12. The van der Waals surface area contributed by atoms with Gasteiger partial charge in [0.15, 0.2) is 0 Å². The van der Waals surface area contributed by atoms with Crippen molar-refractivity contribution in [3.8, 4) is 11.5 Å². The van der Waals surface area contributed by atoms with Gasteiger partial charge in [0.2, 0.25) is 0 Å². The number of nitrogens with zero attached hydrogens (tertiary/aromatic N) is 1. The highest BCUT2D eigenvalue weighted by molar-refractivity contribution is 9.10. The van der Waals surface area contributed by atoms with E-state index < -0.39 is 6.10 Å². The fraction of sp³-hybridized carbons (Fsp3) is 0.267. The Bertz CT molecular complexity index is 570. The zero-order valence-corrected chi connectivity index (χ0v) is 12.9. The molecule has 0 radical (unpaired) electrons. The predicted molar refractivity (Wildman–Crippen MR) is 79.9 cm³/mol. The van der Waals surface area contributed by atoms with Crippen LogP contribution < -0.4 is 9.47 Å². The molecule has 0 bridgehead atoms. The number of aliphatic hydroxyl groups is 1. The summed E-state index contributed by atoms with van der Waals surface area (Å²) in [4.78, 5) is 4.24. The number of aromatic nitrogens is 1. The van der Waals surface area contributed by atoms with E-state index >= 15 is 0 Å². The summed E-state index contributed by atoms with van der Waals surface area (Å²) < 4.78 is 11.8. The number of rotatable bonds is 5. The van der Waals surface area contributed by atoms with Crippen LogP contribution in [0.25, 0.3) is 0 Å².